The van der Waals surface area contributed by atoms with Crippen molar-refractivity contribution in [1.82, 2.24) is 10.3 Å². The Morgan fingerprint density at radius 3 is 3.06 bits per heavy atom. The number of allylic oxidation sites excluding steroid dienone is 2. The zero-order valence-electron chi connectivity index (χ0n) is 10.8. The molecule has 1 aromatic heterocycles. The van der Waals surface area contributed by atoms with Gasteiger partial charge in [-0.05, 0) is 43.2 Å². The Balaban J connectivity index is 1.51. The molecule has 0 spiro atoms. The van der Waals surface area contributed by atoms with Gasteiger partial charge in [0.15, 0.2) is 0 Å². The highest BCUT2D eigenvalue weighted by Crippen LogP contribution is 2.42. The summed E-state index contributed by atoms with van der Waals surface area (Å²) in [6.45, 7) is 1.94. The summed E-state index contributed by atoms with van der Waals surface area (Å²) in [6, 6.07) is 4.03. The molecule has 3 rings (SSSR count). The molecule has 2 bridgehead atoms. The standard InChI is InChI=1S/C15H20N2O/c1-18-15-13(3-2-6-17-15)9-16-10-14-8-11-4-5-12(14)7-11/h2-6,11-12,14,16H,7-10H2,1H3. The summed E-state index contributed by atoms with van der Waals surface area (Å²) >= 11 is 0. The second-order valence-electron chi connectivity index (χ2n) is 5.34. The molecule has 96 valence electrons. The van der Waals surface area contributed by atoms with E-state index in [9.17, 15) is 0 Å². The molecule has 2 aliphatic carbocycles. The number of nitrogens with one attached hydrogen (secondary N) is 1. The summed E-state index contributed by atoms with van der Waals surface area (Å²) in [4.78, 5) is 4.21. The molecule has 3 heteroatoms. The average molecular weight is 244 g/mol. The Bertz CT molecular complexity index is 444. The first-order chi connectivity index (χ1) is 8.86. The molecule has 0 saturated heterocycles. The van der Waals surface area contributed by atoms with Crippen LogP contribution in [0.5, 0.6) is 5.88 Å². The van der Waals surface area contributed by atoms with E-state index in [1.807, 2.05) is 6.07 Å². The molecule has 1 fully saturated rings. The van der Waals surface area contributed by atoms with Crippen molar-refractivity contribution in [2.24, 2.45) is 17.8 Å². The lowest BCUT2D eigenvalue weighted by atomic mass is 9.93. The van der Waals surface area contributed by atoms with Crippen molar-refractivity contribution in [3.8, 4) is 5.88 Å². The molecule has 1 heterocycles. The second kappa shape index (κ2) is 5.11. The van der Waals surface area contributed by atoms with E-state index in [-0.39, 0.29) is 0 Å². The van der Waals surface area contributed by atoms with E-state index >= 15 is 0 Å². The Morgan fingerprint density at radius 2 is 2.33 bits per heavy atom. The Hall–Kier alpha value is -1.35. The fraction of sp³-hybridized carbons (Fsp3) is 0.533. The molecule has 3 atom stereocenters. The monoisotopic (exact) mass is 244 g/mol. The fourth-order valence-corrected chi connectivity index (χ4v) is 3.26. The number of fused-ring (bicyclic) bond motifs is 2. The van der Waals surface area contributed by atoms with E-state index in [2.05, 4.69) is 28.5 Å². The van der Waals surface area contributed by atoms with E-state index in [0.717, 1.165) is 42.3 Å². The first kappa shape index (κ1) is 11.7. The van der Waals surface area contributed by atoms with Crippen LogP contribution < -0.4 is 10.1 Å². The zero-order valence-corrected chi connectivity index (χ0v) is 10.8. The number of rotatable bonds is 5. The summed E-state index contributed by atoms with van der Waals surface area (Å²) in [7, 11) is 1.67. The summed E-state index contributed by atoms with van der Waals surface area (Å²) in [6.07, 6.45) is 9.31. The van der Waals surface area contributed by atoms with Gasteiger partial charge in [-0.3, -0.25) is 0 Å². The summed E-state index contributed by atoms with van der Waals surface area (Å²) in [5.74, 6) is 3.23. The highest BCUT2D eigenvalue weighted by Gasteiger charge is 2.34. The minimum absolute atomic E-state index is 0.734. The minimum Gasteiger partial charge on any atom is -0.481 e. The van der Waals surface area contributed by atoms with Gasteiger partial charge in [0.05, 0.1) is 7.11 Å². The van der Waals surface area contributed by atoms with Crippen LogP contribution in [0, 0.1) is 17.8 Å². The lowest BCUT2D eigenvalue weighted by Gasteiger charge is -2.18. The third-order valence-electron chi connectivity index (χ3n) is 4.18. The lowest BCUT2D eigenvalue weighted by Crippen LogP contribution is -2.25. The molecule has 1 saturated carbocycles. The highest BCUT2D eigenvalue weighted by molar-refractivity contribution is 5.25. The van der Waals surface area contributed by atoms with E-state index in [1.54, 1.807) is 13.3 Å². The van der Waals surface area contributed by atoms with Crippen molar-refractivity contribution < 1.29 is 4.74 Å². The largest absolute Gasteiger partial charge is 0.481 e. The molecule has 1 aromatic rings. The maximum absolute atomic E-state index is 5.25. The number of nitrogens with zero attached hydrogens (tertiary/aromatic N) is 1. The van der Waals surface area contributed by atoms with Gasteiger partial charge in [0.1, 0.15) is 0 Å². The Kier molecular flexibility index (Phi) is 3.33. The van der Waals surface area contributed by atoms with Gasteiger partial charge < -0.3 is 10.1 Å². The first-order valence-corrected chi connectivity index (χ1v) is 6.73. The van der Waals surface area contributed by atoms with Gasteiger partial charge in [0.25, 0.3) is 0 Å². The maximum Gasteiger partial charge on any atom is 0.217 e. The van der Waals surface area contributed by atoms with Crippen LogP contribution in [0.1, 0.15) is 18.4 Å². The molecule has 0 aliphatic heterocycles. The molecule has 3 nitrogen and oxygen atoms in total. The number of hydrogen-bond donors (Lipinski definition) is 1. The van der Waals surface area contributed by atoms with Crippen LogP contribution in [-0.2, 0) is 6.54 Å². The van der Waals surface area contributed by atoms with E-state index in [1.165, 1.54) is 12.8 Å². The average Bonchev–Trinajstić information content (AvgIpc) is 3.02. The molecule has 18 heavy (non-hydrogen) atoms. The van der Waals surface area contributed by atoms with Gasteiger partial charge >= 0.3 is 0 Å². The summed E-state index contributed by atoms with van der Waals surface area (Å²) in [5.41, 5.74) is 1.14. The number of pyridine rings is 1. The predicted octanol–water partition coefficient (Wildman–Crippen LogP) is 2.39. The van der Waals surface area contributed by atoms with Gasteiger partial charge in [0, 0.05) is 18.3 Å². The normalized spacial score (nSPS) is 28.8. The molecular weight excluding hydrogens is 224 g/mol. The number of hydrogen-bond acceptors (Lipinski definition) is 3. The van der Waals surface area contributed by atoms with Crippen molar-refractivity contribution in [1.29, 1.82) is 0 Å². The Morgan fingerprint density at radius 1 is 1.39 bits per heavy atom. The maximum atomic E-state index is 5.25. The van der Waals surface area contributed by atoms with Crippen molar-refractivity contribution in [2.75, 3.05) is 13.7 Å². The van der Waals surface area contributed by atoms with Crippen LogP contribution in [0.15, 0.2) is 30.5 Å². The molecule has 2 aliphatic rings. The predicted molar refractivity (Wildman–Crippen MR) is 71.3 cm³/mol. The quantitative estimate of drug-likeness (QED) is 0.808. The molecule has 0 aromatic carbocycles. The first-order valence-electron chi connectivity index (χ1n) is 6.73. The van der Waals surface area contributed by atoms with Crippen LogP contribution in [0.3, 0.4) is 0 Å². The fourth-order valence-electron chi connectivity index (χ4n) is 3.26. The molecule has 0 radical (unpaired) electrons. The summed E-state index contributed by atoms with van der Waals surface area (Å²) < 4.78 is 5.25. The van der Waals surface area contributed by atoms with E-state index in [0.29, 0.717) is 0 Å². The van der Waals surface area contributed by atoms with Crippen LogP contribution in [0.25, 0.3) is 0 Å². The highest BCUT2D eigenvalue weighted by atomic mass is 16.5. The van der Waals surface area contributed by atoms with Crippen LogP contribution in [0.4, 0.5) is 0 Å². The van der Waals surface area contributed by atoms with Gasteiger partial charge in [-0.2, -0.15) is 0 Å². The van der Waals surface area contributed by atoms with E-state index < -0.39 is 0 Å². The molecule has 0 amide bonds. The van der Waals surface area contributed by atoms with Crippen LogP contribution >= 0.6 is 0 Å². The van der Waals surface area contributed by atoms with Gasteiger partial charge in [-0.15, -0.1) is 0 Å². The zero-order chi connectivity index (χ0) is 12.4. The number of ether oxygens (including phenoxy) is 1. The van der Waals surface area contributed by atoms with Gasteiger partial charge in [-0.25, -0.2) is 4.98 Å². The van der Waals surface area contributed by atoms with Crippen molar-refractivity contribution >= 4 is 0 Å². The number of aromatic nitrogens is 1. The van der Waals surface area contributed by atoms with Crippen LogP contribution in [-0.4, -0.2) is 18.6 Å². The lowest BCUT2D eigenvalue weighted by molar-refractivity contribution is 0.383. The SMILES string of the molecule is COc1ncccc1CNCC1CC2C=CC1C2. The third kappa shape index (κ3) is 2.27. The van der Waals surface area contributed by atoms with Crippen molar-refractivity contribution in [3.63, 3.8) is 0 Å². The van der Waals surface area contributed by atoms with Crippen molar-refractivity contribution in [3.05, 3.63) is 36.0 Å². The smallest absolute Gasteiger partial charge is 0.217 e. The molecular formula is C15H20N2O. The van der Waals surface area contributed by atoms with E-state index in [4.69, 9.17) is 4.74 Å². The molecule has 1 N–H and O–H groups in total. The van der Waals surface area contributed by atoms with Gasteiger partial charge in [0.2, 0.25) is 5.88 Å². The second-order valence-corrected chi connectivity index (χ2v) is 5.34. The van der Waals surface area contributed by atoms with Crippen molar-refractivity contribution in [2.45, 2.75) is 19.4 Å². The van der Waals surface area contributed by atoms with Gasteiger partial charge in [-0.1, -0.05) is 18.2 Å². The number of methoxy groups -OCH3 is 1. The molecule has 3 unspecified atom stereocenters. The Labute approximate surface area is 108 Å². The van der Waals surface area contributed by atoms with Crippen LogP contribution in [0.2, 0.25) is 0 Å². The topological polar surface area (TPSA) is 34.1 Å². The third-order valence-corrected chi connectivity index (χ3v) is 4.18. The minimum atomic E-state index is 0.734. The summed E-state index contributed by atoms with van der Waals surface area (Å²) in [5, 5.41) is 3.55.